The lowest BCUT2D eigenvalue weighted by Gasteiger charge is -2.46. The number of carbonyl (C=O) groups is 12. The third-order valence-corrected chi connectivity index (χ3v) is 23.7. The van der Waals surface area contributed by atoms with Crippen molar-refractivity contribution in [3.05, 3.63) is 12.2 Å². The molecule has 12 atom stereocenters. The Morgan fingerprint density at radius 3 is 1.89 bits per heavy atom. The third-order valence-electron chi connectivity index (χ3n) is 23.1. The van der Waals surface area contributed by atoms with E-state index in [1.807, 2.05) is 0 Å². The Kier molecular flexibility index (Phi) is 30.0. The molecule has 0 aromatic carbocycles. The lowest BCUT2D eigenvalue weighted by atomic mass is 9.74. The van der Waals surface area contributed by atoms with Crippen LogP contribution in [0, 0.1) is 29.6 Å². The normalized spacial score (nSPS) is 31.6. The number of hydrogen-bond donors (Lipinski definition) is 3. The molecular formula is C72H111F7N12O13S. The van der Waals surface area contributed by atoms with E-state index >= 15 is 37.5 Å². The maximum Gasteiger partial charge on any atom is 0.397 e. The lowest BCUT2D eigenvalue weighted by Crippen LogP contribution is -2.68. The van der Waals surface area contributed by atoms with Crippen molar-refractivity contribution in [1.82, 2.24) is 60.0 Å². The molecule has 0 radical (unpaired) electrons. The van der Waals surface area contributed by atoms with Gasteiger partial charge in [0.05, 0.1) is 25.6 Å². The van der Waals surface area contributed by atoms with Crippen molar-refractivity contribution in [3.63, 3.8) is 0 Å². The second-order valence-electron chi connectivity index (χ2n) is 30.5. The number of halogens is 7. The summed E-state index contributed by atoms with van der Waals surface area (Å²) < 4.78 is 108. The first-order valence-corrected chi connectivity index (χ1v) is 38.5. The molecule has 592 valence electrons. The topological polar surface area (TPSA) is 279 Å². The molecule has 7 rings (SSSR count). The van der Waals surface area contributed by atoms with Crippen LogP contribution in [0.4, 0.5) is 30.7 Å². The Morgan fingerprint density at radius 1 is 0.686 bits per heavy atom. The van der Waals surface area contributed by atoms with E-state index in [1.165, 1.54) is 82.8 Å². The molecule has 7 aliphatic rings. The second kappa shape index (κ2) is 36.9. The van der Waals surface area contributed by atoms with Crippen molar-refractivity contribution in [2.24, 2.45) is 29.6 Å². The zero-order valence-corrected chi connectivity index (χ0v) is 63.7. The van der Waals surface area contributed by atoms with Crippen LogP contribution in [0.15, 0.2) is 12.2 Å². The first-order chi connectivity index (χ1) is 49.3. The summed E-state index contributed by atoms with van der Waals surface area (Å²) >= 11 is 1.21. The maximum absolute atomic E-state index is 15.5. The highest BCUT2D eigenvalue weighted by atomic mass is 32.2. The summed E-state index contributed by atoms with van der Waals surface area (Å²) in [6.07, 6.45) is -7.27. The summed E-state index contributed by atoms with van der Waals surface area (Å²) in [5.74, 6) is -17.9. The average molecular weight is 1520 g/mol. The van der Waals surface area contributed by atoms with Gasteiger partial charge in [-0.15, -0.1) is 0 Å². The monoisotopic (exact) mass is 1520 g/mol. The molecule has 3 aliphatic heterocycles. The molecule has 0 aromatic heterocycles. The van der Waals surface area contributed by atoms with Crippen molar-refractivity contribution in [3.8, 4) is 0 Å². The van der Waals surface area contributed by atoms with Gasteiger partial charge in [-0.25, -0.2) is 17.6 Å². The molecule has 2 saturated heterocycles. The Balaban J connectivity index is 1.31. The van der Waals surface area contributed by atoms with Crippen LogP contribution in [-0.2, 0) is 62.3 Å². The number of ether oxygens (including phenoxy) is 1. The number of amides is 12. The number of alkyl halides is 7. The van der Waals surface area contributed by atoms with Crippen LogP contribution in [-0.4, -0.2) is 301 Å². The molecule has 0 aromatic rings. The van der Waals surface area contributed by atoms with E-state index in [2.05, 4.69) is 16.0 Å². The van der Waals surface area contributed by atoms with E-state index in [0.717, 1.165) is 29.4 Å². The zero-order valence-electron chi connectivity index (χ0n) is 62.9. The molecular weight excluding hydrogens is 1410 g/mol. The first kappa shape index (κ1) is 85.4. The minimum Gasteiger partial charge on any atom is -0.377 e. The van der Waals surface area contributed by atoms with Gasteiger partial charge in [0, 0.05) is 101 Å². The molecule has 1 spiro atoms. The quantitative estimate of drug-likeness (QED) is 0.159. The maximum atomic E-state index is 15.5. The molecule has 105 heavy (non-hydrogen) atoms. The van der Waals surface area contributed by atoms with Gasteiger partial charge in [-0.1, -0.05) is 45.3 Å². The lowest BCUT2D eigenvalue weighted by molar-refractivity contribution is -0.219. The smallest absolute Gasteiger partial charge is 0.377 e. The molecule has 2 unspecified atom stereocenters. The van der Waals surface area contributed by atoms with Crippen LogP contribution < -0.4 is 16.0 Å². The summed E-state index contributed by atoms with van der Waals surface area (Å²) in [7, 11) is 10.9. The minimum absolute atomic E-state index is 0.00520. The van der Waals surface area contributed by atoms with Crippen LogP contribution >= 0.6 is 11.8 Å². The van der Waals surface area contributed by atoms with Gasteiger partial charge in [-0.2, -0.15) is 24.9 Å². The zero-order chi connectivity index (χ0) is 77.9. The number of rotatable bonds is 13. The molecule has 25 nitrogen and oxygen atoms in total. The van der Waals surface area contributed by atoms with Crippen LogP contribution in [0.1, 0.15) is 156 Å². The van der Waals surface area contributed by atoms with Crippen molar-refractivity contribution in [2.75, 3.05) is 101 Å². The Labute approximate surface area is 616 Å². The van der Waals surface area contributed by atoms with Gasteiger partial charge >= 0.3 is 6.18 Å². The van der Waals surface area contributed by atoms with Gasteiger partial charge in [0.25, 0.3) is 0 Å². The molecule has 33 heteroatoms. The van der Waals surface area contributed by atoms with Gasteiger partial charge in [0.2, 0.25) is 76.8 Å². The van der Waals surface area contributed by atoms with E-state index in [-0.39, 0.29) is 83.2 Å². The van der Waals surface area contributed by atoms with Crippen molar-refractivity contribution >= 4 is 82.6 Å². The summed E-state index contributed by atoms with van der Waals surface area (Å²) in [5.41, 5.74) is -1.68. The van der Waals surface area contributed by atoms with E-state index in [4.69, 9.17) is 4.74 Å². The van der Waals surface area contributed by atoms with E-state index in [1.54, 1.807) is 39.2 Å². The van der Waals surface area contributed by atoms with Gasteiger partial charge in [0.15, 0.2) is 0 Å². The number of nitrogens with one attached hydrogen (secondary N) is 3. The number of thioether (sulfide) groups is 1. The largest absolute Gasteiger partial charge is 0.397 e. The summed E-state index contributed by atoms with van der Waals surface area (Å²) in [4.78, 5) is 190. The molecule has 12 amide bonds. The summed E-state index contributed by atoms with van der Waals surface area (Å²) in [6, 6.07) is -11.2. The predicted molar refractivity (Wildman–Crippen MR) is 375 cm³/mol. The van der Waals surface area contributed by atoms with E-state index < -0.39 is 237 Å². The molecule has 4 saturated carbocycles. The Bertz CT molecular complexity index is 3140. The van der Waals surface area contributed by atoms with Crippen LogP contribution in [0.5, 0.6) is 0 Å². The molecule has 4 aliphatic carbocycles. The summed E-state index contributed by atoms with van der Waals surface area (Å²) in [5, 5.41) is 8.39. The molecule has 3 N–H and O–H groups in total. The van der Waals surface area contributed by atoms with Crippen LogP contribution in [0.2, 0.25) is 0 Å². The standard InChI is InChI=1S/C72H111F7N12O13S/c1-13-42(3)59-67(101)85(7)40-57(94)86(8)50-23-16-15-19-32-90(66(50)100)53(35-43-26-30-71(75,76)31-27-43)65(99)84(6)39-55(92)80-49(25-24-44-33-47(73)58(48(74)34-44)72(77,78)79)63(97)91-38-46(104-14-2)36-51(91)62(96)82-70(28-20-29-70)69(103)89(11)60(45-21-17-18-22-45)68(102)88(10)52(64(98)83(4)5)37-56(93)87(9)54(41-105-12)61(95)81-59/h15-16,42-54,58-60H,13-14,17-41H2,1-12H3,(H,80,92)(H,81,95)(H,82,96)/b16-15-/t42-,44?,46+,47?,48?,49-,50-,51-,52-,53-,54-,58?,59-,60-/m0/s1. The van der Waals surface area contributed by atoms with Gasteiger partial charge < -0.3 is 64.8 Å². The fourth-order valence-corrected chi connectivity index (χ4v) is 16.9. The highest BCUT2D eigenvalue weighted by molar-refractivity contribution is 7.98. The number of fused-ring (bicyclic) bond motifs is 3. The average Bonchev–Trinajstić information content (AvgIpc) is 1.60. The van der Waals surface area contributed by atoms with E-state index in [9.17, 15) is 50.7 Å². The predicted octanol–water partition coefficient (Wildman–Crippen LogP) is 5.12. The van der Waals surface area contributed by atoms with Gasteiger partial charge in [-0.05, 0) is 127 Å². The molecule has 6 fully saturated rings. The van der Waals surface area contributed by atoms with Gasteiger partial charge in [0.1, 0.15) is 72.1 Å². The minimum atomic E-state index is -5.20. The Hall–Kier alpha value is -6.80. The number of carbonyl (C=O) groups excluding carboxylic acids is 12. The van der Waals surface area contributed by atoms with Crippen LogP contribution in [0.25, 0.3) is 0 Å². The second-order valence-corrected chi connectivity index (χ2v) is 31.4. The molecule has 3 heterocycles. The highest BCUT2D eigenvalue weighted by Gasteiger charge is 2.56. The van der Waals surface area contributed by atoms with Crippen molar-refractivity contribution in [1.29, 1.82) is 0 Å². The number of likely N-dealkylation sites (N-methyl/N-ethyl adjacent to an activating group) is 7. The van der Waals surface area contributed by atoms with Crippen molar-refractivity contribution < 1.29 is 93.0 Å². The number of nitrogens with zero attached hydrogens (tertiary/aromatic N) is 9. The van der Waals surface area contributed by atoms with E-state index in [0.29, 0.717) is 38.5 Å². The molecule has 2 bridgehead atoms. The fourth-order valence-electron chi connectivity index (χ4n) is 16.3. The number of hydrogen-bond acceptors (Lipinski definition) is 14. The van der Waals surface area contributed by atoms with Crippen LogP contribution in [0.3, 0.4) is 0 Å². The first-order valence-electron chi connectivity index (χ1n) is 37.1. The van der Waals surface area contributed by atoms with Gasteiger partial charge in [-0.3, -0.25) is 57.5 Å². The summed E-state index contributed by atoms with van der Waals surface area (Å²) in [6.45, 7) is 3.36. The SMILES string of the molecule is CCO[C@@H]1C[C@H]2C(=O)NC3(CCC3)C(=O)N(C)[C@@H](C3CCCC3)C(=O)N(C)[C@H](C(=O)N(C)C)CC(=O)N(C)[C@@H](CSC)C(=O)N[C@@H]([C@@H](C)CC)C(=O)N(C)CC(=O)N(C)[C@H]3C/C=C\CCN(C3=O)[C@@H](CC3CCC(F)(F)CC3)C(=O)N(C)CC(=O)N[C@@H](CCC3CC(F)C(C(F)(F)F)C(F)C3)C(=O)N2C1. The third kappa shape index (κ3) is 20.7. The Morgan fingerprint density at radius 2 is 1.31 bits per heavy atom. The van der Waals surface area contributed by atoms with Crippen molar-refractivity contribution in [2.45, 2.75) is 240 Å². The fraction of sp³-hybridized carbons (Fsp3) is 0.806. The highest BCUT2D eigenvalue weighted by Crippen LogP contribution is 2.45.